The average Bonchev–Trinajstić information content (AvgIpc) is 3.03. The molecule has 0 saturated carbocycles. The van der Waals surface area contributed by atoms with Crippen molar-refractivity contribution in [2.24, 2.45) is 0 Å². The first-order chi connectivity index (χ1) is 11.1. The predicted molar refractivity (Wildman–Crippen MR) is 90.1 cm³/mol. The third-order valence-electron chi connectivity index (χ3n) is 3.43. The zero-order chi connectivity index (χ0) is 16.7. The van der Waals surface area contributed by atoms with Gasteiger partial charge in [-0.2, -0.15) is 0 Å². The Bertz CT molecular complexity index is 655. The third kappa shape index (κ3) is 5.17. The maximum absolute atomic E-state index is 12.2. The van der Waals surface area contributed by atoms with E-state index in [2.05, 4.69) is 9.72 Å². The van der Waals surface area contributed by atoms with Crippen LogP contribution in [0.4, 0.5) is 0 Å². The van der Waals surface area contributed by atoms with Crippen LogP contribution in [0, 0.1) is 0 Å². The van der Waals surface area contributed by atoms with Crippen molar-refractivity contribution in [3.8, 4) is 10.6 Å². The summed E-state index contributed by atoms with van der Waals surface area (Å²) < 4.78 is 4.58. The van der Waals surface area contributed by atoms with Crippen LogP contribution < -0.4 is 0 Å². The second-order valence-corrected chi connectivity index (χ2v) is 6.04. The molecular formula is C17H20N2O3S. The van der Waals surface area contributed by atoms with E-state index < -0.39 is 0 Å². The molecule has 0 radical (unpaired) electrons. The van der Waals surface area contributed by atoms with E-state index in [0.29, 0.717) is 19.4 Å². The molecule has 0 bridgehead atoms. The van der Waals surface area contributed by atoms with Crippen LogP contribution in [0.2, 0.25) is 0 Å². The summed E-state index contributed by atoms with van der Waals surface area (Å²) in [6.07, 6.45) is 1.20. The maximum atomic E-state index is 12.2. The molecule has 0 aliphatic heterocycles. The molecule has 0 N–H and O–H groups in total. The van der Waals surface area contributed by atoms with E-state index in [0.717, 1.165) is 16.3 Å². The van der Waals surface area contributed by atoms with Gasteiger partial charge in [0.1, 0.15) is 5.01 Å². The summed E-state index contributed by atoms with van der Waals surface area (Å²) >= 11 is 1.54. The highest BCUT2D eigenvalue weighted by Crippen LogP contribution is 2.23. The van der Waals surface area contributed by atoms with Gasteiger partial charge in [0.25, 0.3) is 0 Å². The van der Waals surface area contributed by atoms with Crippen LogP contribution in [-0.2, 0) is 20.7 Å². The highest BCUT2D eigenvalue weighted by molar-refractivity contribution is 7.13. The van der Waals surface area contributed by atoms with Crippen molar-refractivity contribution in [1.29, 1.82) is 0 Å². The summed E-state index contributed by atoms with van der Waals surface area (Å²) in [6, 6.07) is 9.91. The lowest BCUT2D eigenvalue weighted by Gasteiger charge is -2.16. The van der Waals surface area contributed by atoms with Gasteiger partial charge in [-0.3, -0.25) is 9.59 Å². The van der Waals surface area contributed by atoms with Crippen molar-refractivity contribution in [1.82, 2.24) is 9.88 Å². The number of benzene rings is 1. The summed E-state index contributed by atoms with van der Waals surface area (Å²) in [4.78, 5) is 29.4. The van der Waals surface area contributed by atoms with Gasteiger partial charge in [-0.25, -0.2) is 4.98 Å². The standard InChI is InChI=1S/C17H20N2O3S/c1-19(10-6-9-16(21)22-2)15(20)11-14-12-23-17(18-14)13-7-4-3-5-8-13/h3-5,7-8,12H,6,9-11H2,1-2H3. The van der Waals surface area contributed by atoms with Crippen LogP contribution >= 0.6 is 11.3 Å². The second-order valence-electron chi connectivity index (χ2n) is 5.18. The number of rotatable bonds is 7. The van der Waals surface area contributed by atoms with Gasteiger partial charge in [0.05, 0.1) is 19.2 Å². The van der Waals surface area contributed by atoms with Crippen molar-refractivity contribution in [2.45, 2.75) is 19.3 Å². The number of nitrogens with zero attached hydrogens (tertiary/aromatic N) is 2. The number of carbonyl (C=O) groups is 2. The molecule has 2 rings (SSSR count). The van der Waals surface area contributed by atoms with Crippen LogP contribution in [0.1, 0.15) is 18.5 Å². The van der Waals surface area contributed by atoms with Crippen molar-refractivity contribution in [2.75, 3.05) is 20.7 Å². The molecule has 0 spiro atoms. The Morgan fingerprint density at radius 1 is 1.26 bits per heavy atom. The van der Waals surface area contributed by atoms with Crippen LogP contribution in [0.5, 0.6) is 0 Å². The van der Waals surface area contributed by atoms with Gasteiger partial charge in [0.2, 0.25) is 5.91 Å². The van der Waals surface area contributed by atoms with Crippen molar-refractivity contribution >= 4 is 23.2 Å². The number of hydrogen-bond acceptors (Lipinski definition) is 5. The fourth-order valence-corrected chi connectivity index (χ4v) is 2.90. The molecule has 2 aromatic rings. The van der Waals surface area contributed by atoms with Crippen LogP contribution in [0.15, 0.2) is 35.7 Å². The second kappa shape index (κ2) is 8.43. The monoisotopic (exact) mass is 332 g/mol. The summed E-state index contributed by atoms with van der Waals surface area (Å²) in [7, 11) is 3.11. The van der Waals surface area contributed by atoms with Crippen molar-refractivity contribution in [3.63, 3.8) is 0 Å². The minimum Gasteiger partial charge on any atom is -0.469 e. The molecule has 1 heterocycles. The first-order valence-corrected chi connectivity index (χ1v) is 8.28. The van der Waals surface area contributed by atoms with Gasteiger partial charge in [0, 0.05) is 31.0 Å². The number of aromatic nitrogens is 1. The summed E-state index contributed by atoms with van der Waals surface area (Å²) in [5.74, 6) is -0.252. The molecule has 5 nitrogen and oxygen atoms in total. The predicted octanol–water partition coefficient (Wildman–Crippen LogP) is 2.76. The topological polar surface area (TPSA) is 59.5 Å². The number of hydrogen-bond donors (Lipinski definition) is 0. The van der Waals surface area contributed by atoms with E-state index in [1.54, 1.807) is 11.9 Å². The molecule has 0 fully saturated rings. The average molecular weight is 332 g/mol. The number of esters is 1. The molecule has 0 aliphatic rings. The fourth-order valence-electron chi connectivity index (χ4n) is 2.08. The Hall–Kier alpha value is -2.21. The van der Waals surface area contributed by atoms with E-state index in [4.69, 9.17) is 0 Å². The van der Waals surface area contributed by atoms with E-state index >= 15 is 0 Å². The van der Waals surface area contributed by atoms with E-state index in [9.17, 15) is 9.59 Å². The lowest BCUT2D eigenvalue weighted by molar-refractivity contribution is -0.141. The summed E-state index contributed by atoms with van der Waals surface area (Å²) in [5, 5.41) is 2.84. The minimum absolute atomic E-state index is 0.000206. The third-order valence-corrected chi connectivity index (χ3v) is 4.37. The van der Waals surface area contributed by atoms with Crippen molar-refractivity contribution in [3.05, 3.63) is 41.4 Å². The lowest BCUT2D eigenvalue weighted by atomic mass is 10.2. The number of ether oxygens (including phenoxy) is 1. The molecule has 1 amide bonds. The van der Waals surface area contributed by atoms with Crippen LogP contribution in [0.25, 0.3) is 10.6 Å². The Balaban J connectivity index is 1.85. The van der Waals surface area contributed by atoms with Gasteiger partial charge in [-0.05, 0) is 6.42 Å². The first-order valence-electron chi connectivity index (χ1n) is 7.40. The molecule has 0 saturated heterocycles. The van der Waals surface area contributed by atoms with Gasteiger partial charge < -0.3 is 9.64 Å². The quantitative estimate of drug-likeness (QED) is 0.732. The molecule has 1 aromatic carbocycles. The summed E-state index contributed by atoms with van der Waals surface area (Å²) in [5.41, 5.74) is 1.83. The number of amides is 1. The molecule has 0 aliphatic carbocycles. The van der Waals surface area contributed by atoms with E-state index in [1.807, 2.05) is 35.7 Å². The normalized spacial score (nSPS) is 10.3. The Kier molecular flexibility index (Phi) is 6.29. The number of thiazole rings is 1. The SMILES string of the molecule is COC(=O)CCCN(C)C(=O)Cc1csc(-c2ccccc2)n1. The zero-order valence-electron chi connectivity index (χ0n) is 13.3. The first kappa shape index (κ1) is 17.1. The molecule has 0 unspecified atom stereocenters. The molecule has 122 valence electrons. The maximum Gasteiger partial charge on any atom is 0.305 e. The Morgan fingerprint density at radius 2 is 2.00 bits per heavy atom. The molecular weight excluding hydrogens is 312 g/mol. The molecule has 6 heteroatoms. The number of likely N-dealkylation sites (N-methyl/N-ethyl adjacent to an activating group) is 1. The van der Waals surface area contributed by atoms with E-state index in [1.165, 1.54) is 18.4 Å². The smallest absolute Gasteiger partial charge is 0.305 e. The van der Waals surface area contributed by atoms with Gasteiger partial charge in [0.15, 0.2) is 0 Å². The van der Waals surface area contributed by atoms with Crippen molar-refractivity contribution < 1.29 is 14.3 Å². The zero-order valence-corrected chi connectivity index (χ0v) is 14.1. The van der Waals surface area contributed by atoms with Gasteiger partial charge in [-0.1, -0.05) is 30.3 Å². The van der Waals surface area contributed by atoms with Gasteiger partial charge >= 0.3 is 5.97 Å². The minimum atomic E-state index is -0.252. The highest BCUT2D eigenvalue weighted by Gasteiger charge is 2.13. The number of methoxy groups -OCH3 is 1. The lowest BCUT2D eigenvalue weighted by Crippen LogP contribution is -2.29. The summed E-state index contributed by atoms with van der Waals surface area (Å²) in [6.45, 7) is 0.531. The van der Waals surface area contributed by atoms with E-state index in [-0.39, 0.29) is 18.3 Å². The fraction of sp³-hybridized carbons (Fsp3) is 0.353. The van der Waals surface area contributed by atoms with Crippen LogP contribution in [-0.4, -0.2) is 42.5 Å². The Morgan fingerprint density at radius 3 is 2.70 bits per heavy atom. The molecule has 0 atom stereocenters. The molecule has 23 heavy (non-hydrogen) atoms. The number of carbonyl (C=O) groups excluding carboxylic acids is 2. The van der Waals surface area contributed by atoms with Crippen LogP contribution in [0.3, 0.4) is 0 Å². The highest BCUT2D eigenvalue weighted by atomic mass is 32.1. The molecule has 1 aromatic heterocycles. The Labute approximate surface area is 139 Å². The largest absolute Gasteiger partial charge is 0.469 e. The van der Waals surface area contributed by atoms with Gasteiger partial charge in [-0.15, -0.1) is 11.3 Å².